The van der Waals surface area contributed by atoms with Gasteiger partial charge in [0.15, 0.2) is 0 Å². The van der Waals surface area contributed by atoms with Crippen molar-refractivity contribution in [3.63, 3.8) is 0 Å². The van der Waals surface area contributed by atoms with Gasteiger partial charge < -0.3 is 19.8 Å². The highest BCUT2D eigenvalue weighted by molar-refractivity contribution is 7.99. The number of aliphatic hydroxyl groups is 1. The molecule has 6 nitrogen and oxygen atoms in total. The molecule has 2 N–H and O–H groups in total. The minimum atomic E-state index is -1.05. The van der Waals surface area contributed by atoms with Crippen LogP contribution in [0.5, 0.6) is 5.75 Å². The highest BCUT2D eigenvalue weighted by Gasteiger charge is 2.34. The highest BCUT2D eigenvalue weighted by atomic mass is 32.2. The van der Waals surface area contributed by atoms with Crippen LogP contribution in [-0.2, 0) is 4.79 Å². The van der Waals surface area contributed by atoms with E-state index >= 15 is 0 Å². The van der Waals surface area contributed by atoms with Crippen molar-refractivity contribution < 1.29 is 24.1 Å². The molecule has 2 unspecified atom stereocenters. The maximum Gasteiger partial charge on any atom is 0.308 e. The van der Waals surface area contributed by atoms with Crippen molar-refractivity contribution in [2.45, 2.75) is 30.3 Å². The smallest absolute Gasteiger partial charge is 0.308 e. The lowest BCUT2D eigenvalue weighted by Crippen LogP contribution is -2.44. The van der Waals surface area contributed by atoms with Gasteiger partial charge in [-0.15, -0.1) is 11.8 Å². The van der Waals surface area contributed by atoms with Crippen LogP contribution in [0.2, 0.25) is 0 Å². The number of halogens is 1. The van der Waals surface area contributed by atoms with E-state index in [2.05, 4.69) is 26.7 Å². The number of thioether (sulfide) groups is 1. The number of aliphatic hydroxyl groups excluding tert-OH is 1. The maximum atomic E-state index is 14.7. The number of aromatic nitrogens is 1. The van der Waals surface area contributed by atoms with Crippen molar-refractivity contribution in [1.82, 2.24) is 9.88 Å². The van der Waals surface area contributed by atoms with E-state index in [-0.39, 0.29) is 17.9 Å². The third-order valence-corrected chi connectivity index (χ3v) is 8.35. The second-order valence-electron chi connectivity index (χ2n) is 8.60. The summed E-state index contributed by atoms with van der Waals surface area (Å²) in [5, 5.41) is 25.4. The summed E-state index contributed by atoms with van der Waals surface area (Å²) in [5.74, 6) is -0.445. The molecule has 0 saturated carbocycles. The number of piperidine rings is 1. The number of nitrogens with zero attached hydrogens (tertiary/aromatic N) is 2. The van der Waals surface area contributed by atoms with Crippen LogP contribution in [0.15, 0.2) is 46.1 Å². The minimum Gasteiger partial charge on any atom is -0.497 e. The number of hydrogen-bond acceptors (Lipinski definition) is 7. The zero-order valence-corrected chi connectivity index (χ0v) is 20.7. The van der Waals surface area contributed by atoms with Crippen LogP contribution in [0.3, 0.4) is 0 Å². The third-order valence-electron chi connectivity index (χ3n) is 6.54. The summed E-state index contributed by atoms with van der Waals surface area (Å²) >= 11 is 3.46. The number of ether oxygens (including phenoxy) is 1. The molecule has 1 fully saturated rings. The molecule has 0 aliphatic carbocycles. The molecule has 2 aromatic heterocycles. The second-order valence-corrected chi connectivity index (χ2v) is 10.5. The first kappa shape index (κ1) is 24.9. The molecule has 34 heavy (non-hydrogen) atoms. The van der Waals surface area contributed by atoms with Gasteiger partial charge in [-0.1, -0.05) is 0 Å². The number of thiophene rings is 1. The van der Waals surface area contributed by atoms with Gasteiger partial charge in [0.25, 0.3) is 0 Å². The Kier molecular flexibility index (Phi) is 8.41. The largest absolute Gasteiger partial charge is 0.497 e. The van der Waals surface area contributed by atoms with Crippen LogP contribution < -0.4 is 4.74 Å². The van der Waals surface area contributed by atoms with Crippen LogP contribution >= 0.6 is 23.1 Å². The summed E-state index contributed by atoms with van der Waals surface area (Å²) in [5.41, 5.74) is 0.770. The van der Waals surface area contributed by atoms with Gasteiger partial charge in [0, 0.05) is 40.1 Å². The molecule has 0 amide bonds. The maximum absolute atomic E-state index is 14.7. The summed E-state index contributed by atoms with van der Waals surface area (Å²) in [6.07, 6.45) is 1.63. The van der Waals surface area contributed by atoms with E-state index in [1.807, 2.05) is 0 Å². The monoisotopic (exact) mass is 504 g/mol. The Bertz CT molecular complexity index is 1110. The lowest BCUT2D eigenvalue weighted by Gasteiger charge is -2.37. The van der Waals surface area contributed by atoms with E-state index in [9.17, 15) is 19.4 Å². The van der Waals surface area contributed by atoms with Crippen LogP contribution in [0.1, 0.15) is 30.9 Å². The molecule has 4 rings (SSSR count). The number of carboxylic acids is 1. The SMILES string of the molecule is COc1ccc2ncc(F)c([C@H](O)CCC3CCN(CCSc4ccsc4)CC3C(=O)O)c2c1. The summed E-state index contributed by atoms with van der Waals surface area (Å²) in [7, 11) is 1.53. The Morgan fingerprint density at radius 3 is 3.00 bits per heavy atom. The molecule has 0 radical (unpaired) electrons. The number of carboxylic acid groups (broad SMARTS) is 1. The molecule has 3 aromatic rings. The van der Waals surface area contributed by atoms with E-state index < -0.39 is 23.8 Å². The quantitative estimate of drug-likeness (QED) is 0.373. The zero-order valence-electron chi connectivity index (χ0n) is 19.0. The van der Waals surface area contributed by atoms with Gasteiger partial charge in [-0.25, -0.2) is 4.39 Å². The van der Waals surface area contributed by atoms with Gasteiger partial charge in [0.05, 0.1) is 30.8 Å². The standard InChI is InChI=1S/C25H29FN2O4S2/c1-32-17-3-4-22-19(12-17)24(21(26)13-27-22)23(29)5-2-16-6-8-28(14-20(16)25(30)31)9-11-34-18-7-10-33-15-18/h3-4,7,10,12-13,15-16,20,23,29H,2,5-6,8-9,11,14H2,1H3,(H,30,31)/t16?,20?,23-/m1/s1. The Morgan fingerprint density at radius 1 is 1.41 bits per heavy atom. The van der Waals surface area contributed by atoms with Crippen molar-refractivity contribution >= 4 is 40.0 Å². The van der Waals surface area contributed by atoms with Crippen molar-refractivity contribution in [3.8, 4) is 5.75 Å². The van der Waals surface area contributed by atoms with Crippen LogP contribution in [0, 0.1) is 17.7 Å². The molecule has 3 heterocycles. The molecule has 1 saturated heterocycles. The van der Waals surface area contributed by atoms with Crippen molar-refractivity contribution in [2.75, 3.05) is 32.5 Å². The number of aliphatic carboxylic acids is 1. The second kappa shape index (κ2) is 11.5. The third kappa shape index (κ3) is 5.89. The predicted molar refractivity (Wildman–Crippen MR) is 133 cm³/mol. The van der Waals surface area contributed by atoms with Gasteiger partial charge in [-0.05, 0) is 61.4 Å². The molecule has 1 aliphatic heterocycles. The van der Waals surface area contributed by atoms with Crippen LogP contribution in [0.25, 0.3) is 10.9 Å². The lowest BCUT2D eigenvalue weighted by molar-refractivity contribution is -0.146. The van der Waals surface area contributed by atoms with Crippen molar-refractivity contribution in [3.05, 3.63) is 52.6 Å². The number of hydrogen-bond donors (Lipinski definition) is 2. The molecule has 182 valence electrons. The van der Waals surface area contributed by atoms with Gasteiger partial charge >= 0.3 is 5.97 Å². The average Bonchev–Trinajstić information content (AvgIpc) is 3.36. The molecular weight excluding hydrogens is 475 g/mol. The summed E-state index contributed by atoms with van der Waals surface area (Å²) in [4.78, 5) is 19.6. The van der Waals surface area contributed by atoms with Gasteiger partial charge in [-0.3, -0.25) is 9.78 Å². The number of carbonyl (C=O) groups is 1. The summed E-state index contributed by atoms with van der Waals surface area (Å²) in [6.45, 7) is 2.18. The number of rotatable bonds is 10. The summed E-state index contributed by atoms with van der Waals surface area (Å²) in [6, 6.07) is 7.25. The summed E-state index contributed by atoms with van der Waals surface area (Å²) < 4.78 is 19.9. The molecule has 1 aromatic carbocycles. The topological polar surface area (TPSA) is 82.9 Å². The molecule has 0 bridgehead atoms. The van der Waals surface area contributed by atoms with Crippen LogP contribution in [-0.4, -0.2) is 58.6 Å². The van der Waals surface area contributed by atoms with Gasteiger partial charge in [0.2, 0.25) is 0 Å². The normalized spacial score (nSPS) is 19.9. The van der Waals surface area contributed by atoms with E-state index in [1.165, 1.54) is 12.0 Å². The first-order valence-corrected chi connectivity index (χ1v) is 13.3. The minimum absolute atomic E-state index is 0.0568. The Balaban J connectivity index is 1.38. The number of likely N-dealkylation sites (tertiary alicyclic amines) is 1. The van der Waals surface area contributed by atoms with E-state index in [1.54, 1.807) is 41.3 Å². The predicted octanol–water partition coefficient (Wildman–Crippen LogP) is 5.07. The first-order chi connectivity index (χ1) is 16.5. The number of fused-ring (bicyclic) bond motifs is 1. The van der Waals surface area contributed by atoms with Gasteiger partial charge in [-0.2, -0.15) is 11.3 Å². The van der Waals surface area contributed by atoms with Crippen molar-refractivity contribution in [1.29, 1.82) is 0 Å². The van der Waals surface area contributed by atoms with Gasteiger partial charge in [0.1, 0.15) is 11.6 Å². The Labute approximate surface area is 206 Å². The lowest BCUT2D eigenvalue weighted by atomic mass is 9.81. The molecule has 3 atom stereocenters. The molecular formula is C25H29FN2O4S2. The first-order valence-electron chi connectivity index (χ1n) is 11.4. The van der Waals surface area contributed by atoms with E-state index in [0.29, 0.717) is 29.6 Å². The number of methoxy groups -OCH3 is 1. The Morgan fingerprint density at radius 2 is 2.26 bits per heavy atom. The fourth-order valence-corrected chi connectivity index (χ4v) is 6.46. The van der Waals surface area contributed by atoms with Crippen molar-refractivity contribution in [2.24, 2.45) is 11.8 Å². The number of pyridine rings is 1. The van der Waals surface area contributed by atoms with E-state index in [0.717, 1.165) is 31.5 Å². The molecule has 1 aliphatic rings. The molecule has 0 spiro atoms. The fourth-order valence-electron chi connectivity index (χ4n) is 4.67. The Hall–Kier alpha value is -2.20. The zero-order chi connectivity index (χ0) is 24.1. The van der Waals surface area contributed by atoms with E-state index in [4.69, 9.17) is 4.74 Å². The number of benzene rings is 1. The highest BCUT2D eigenvalue weighted by Crippen LogP contribution is 2.35. The average molecular weight is 505 g/mol. The molecule has 9 heteroatoms. The fraction of sp³-hybridized carbons (Fsp3) is 0.440. The van der Waals surface area contributed by atoms with Crippen LogP contribution in [0.4, 0.5) is 4.39 Å².